The Balaban J connectivity index is 0.000000330. The fourth-order valence-electron chi connectivity index (χ4n) is 8.81. The third-order valence-corrected chi connectivity index (χ3v) is 16.3. The van der Waals surface area contributed by atoms with E-state index in [1.165, 1.54) is 6.26 Å². The topological polar surface area (TPSA) is 319 Å². The highest BCUT2D eigenvalue weighted by Gasteiger charge is 2.26. The number of benzene rings is 6. The Morgan fingerprint density at radius 2 is 0.811 bits per heavy atom. The Morgan fingerprint density at radius 3 is 1.19 bits per heavy atom. The summed E-state index contributed by atoms with van der Waals surface area (Å²) in [4.78, 5) is 135. The summed E-state index contributed by atoms with van der Waals surface area (Å²) in [6.07, 6.45) is 2.90. The quantitative estimate of drug-likeness (QED) is 0.0435. The van der Waals surface area contributed by atoms with Crippen LogP contribution in [0.4, 0.5) is 28.7 Å². The Morgan fingerprint density at radius 1 is 0.463 bits per heavy atom. The van der Waals surface area contributed by atoms with Gasteiger partial charge in [0.25, 0.3) is 0 Å². The average molecular weight is 1500 g/mol. The van der Waals surface area contributed by atoms with E-state index in [9.17, 15) is 33.0 Å². The van der Waals surface area contributed by atoms with Gasteiger partial charge in [0.1, 0.15) is 27.8 Å². The summed E-state index contributed by atoms with van der Waals surface area (Å²) >= 11 is 54.2. The fraction of sp³-hybridized carbons (Fsp3) is 0.227. The summed E-state index contributed by atoms with van der Waals surface area (Å²) in [5.74, 6) is 0.0503. The molecule has 0 bridgehead atoms. The standard InChI is InChI=1S/C21H19Cl3N2O2.C20H17Cl3N2O2.C16H18ClNO3S.C6H5Cl2N.3CO2/c1-10(2)8-16(27)18-20(28)17-13(23)6-4-11(3)19(17)26-21(18)25-15-7-5-12(22)9-14(15)24;1-10(2)8-16(26)18-19(27)17-12(22)4-3-5-15(17)25-20(18)24-14-7-6-11(21)9-13(14)23;1-8(2)7-11(19)13-15(20)12-10(17)6-5-9(3)14(12)18-16(13)22(4)21;7-4-1-2-6(9)5(8)3-4;3*2-1-3/h4-7,9-10H,8H2,1-3H3,(H2,25,26,28);3-7,9-10H,8H2,1-2H3,(H2,24,25,27);5-6,8H,7H2,1-4H3,(H,18,20);1-3H,9H2;;;. The number of carbonyl (C=O) groups is 3. The molecule has 0 spiro atoms. The number of fused-ring (bicyclic) bond motifs is 3. The van der Waals surface area contributed by atoms with E-state index in [1.54, 1.807) is 91.0 Å². The SMILES string of the molecule is CC(C)CC(=O)c1c(Nc2ccc(Cl)cc2Cl)[nH]c2cccc(Cl)c2c1=O.Cc1ccc(Cl)c2c(=O)c(C(=O)CC(C)C)c(Nc3ccc(Cl)cc3Cl)[nH]c12.Cc1ccc(Cl)c2c(=O)c(C(=O)CC(C)C)c(S(C)=O)[nH]c12.Nc1ccc(Cl)cc1Cl.O=C=O.O=C=O.O=C=O. The molecular formula is C66H59Cl9N6O13S. The first-order chi connectivity index (χ1) is 44.6. The molecule has 0 radical (unpaired) electrons. The minimum absolute atomic E-state index is 0.0328. The molecule has 9 aromatic rings. The number of nitrogen functional groups attached to an aromatic ring is 1. The molecule has 3 aromatic heterocycles. The molecule has 0 fully saturated rings. The molecule has 9 rings (SSSR count). The number of aryl methyl sites for hydroxylation is 2. The van der Waals surface area contributed by atoms with Gasteiger partial charge >= 0.3 is 18.5 Å². The number of aromatic amines is 3. The summed E-state index contributed by atoms with van der Waals surface area (Å²) < 4.78 is 12.0. The van der Waals surface area contributed by atoms with Crippen molar-refractivity contribution in [2.75, 3.05) is 22.6 Å². The molecule has 0 aliphatic rings. The molecule has 29 heteroatoms. The maximum atomic E-state index is 13.3. The molecular weight excluding hydrogens is 1440 g/mol. The number of carbonyl (C=O) groups excluding carboxylic acids is 9. The van der Waals surface area contributed by atoms with E-state index in [0.717, 1.165) is 11.1 Å². The van der Waals surface area contributed by atoms with Crippen molar-refractivity contribution in [3.8, 4) is 0 Å². The summed E-state index contributed by atoms with van der Waals surface area (Å²) in [5, 5.41) is 10.9. The zero-order valence-electron chi connectivity index (χ0n) is 51.8. The van der Waals surface area contributed by atoms with Gasteiger partial charge in [-0.1, -0.05) is 164 Å². The Kier molecular flexibility index (Phi) is 33.2. The number of halogens is 9. The van der Waals surface area contributed by atoms with Gasteiger partial charge in [-0.05, 0) is 122 Å². The second kappa shape index (κ2) is 38.7. The summed E-state index contributed by atoms with van der Waals surface area (Å²) in [7, 11) is -1.48. The Labute approximate surface area is 591 Å². The molecule has 95 heavy (non-hydrogen) atoms. The van der Waals surface area contributed by atoms with Crippen LogP contribution in [-0.2, 0) is 39.6 Å². The number of aromatic nitrogens is 3. The van der Waals surface area contributed by atoms with Crippen molar-refractivity contribution < 1.29 is 47.4 Å². The number of Topliss-reactive ketones (excluding diaryl/α,β-unsaturated/α-hetero) is 3. The van der Waals surface area contributed by atoms with Crippen molar-refractivity contribution in [2.24, 2.45) is 17.8 Å². The lowest BCUT2D eigenvalue weighted by atomic mass is 9.99. The molecule has 1 atom stereocenters. The molecule has 1 unspecified atom stereocenters. The predicted molar refractivity (Wildman–Crippen MR) is 377 cm³/mol. The minimum Gasteiger partial charge on any atom is -0.398 e. The van der Waals surface area contributed by atoms with E-state index in [0.29, 0.717) is 84.6 Å². The van der Waals surface area contributed by atoms with Crippen LogP contribution in [0.5, 0.6) is 0 Å². The van der Waals surface area contributed by atoms with Crippen molar-refractivity contribution in [3.05, 3.63) is 201 Å². The van der Waals surface area contributed by atoms with E-state index < -0.39 is 27.1 Å². The first kappa shape index (κ1) is 81.5. The number of anilines is 5. The second-order valence-electron chi connectivity index (χ2n) is 21.4. The molecule has 500 valence electrons. The molecule has 0 amide bonds. The van der Waals surface area contributed by atoms with E-state index >= 15 is 0 Å². The van der Waals surface area contributed by atoms with Crippen LogP contribution in [0.15, 0.2) is 116 Å². The van der Waals surface area contributed by atoms with E-state index in [-0.39, 0.29) is 117 Å². The predicted octanol–water partition coefficient (Wildman–Crippen LogP) is 17.5. The Hall–Kier alpha value is -7.74. The number of hydrogen-bond donors (Lipinski definition) is 6. The first-order valence-corrected chi connectivity index (χ1v) is 32.7. The third-order valence-electron chi connectivity index (χ3n) is 12.8. The smallest absolute Gasteiger partial charge is 0.373 e. The highest BCUT2D eigenvalue weighted by Crippen LogP contribution is 2.34. The monoisotopic (exact) mass is 1490 g/mol. The van der Waals surface area contributed by atoms with Gasteiger partial charge in [0, 0.05) is 40.6 Å². The van der Waals surface area contributed by atoms with Crippen LogP contribution in [-0.4, -0.2) is 61.2 Å². The Bertz CT molecular complexity index is 4620. The van der Waals surface area contributed by atoms with Crippen molar-refractivity contribution >= 4 is 212 Å². The maximum absolute atomic E-state index is 13.3. The van der Waals surface area contributed by atoms with Crippen LogP contribution in [0.25, 0.3) is 32.7 Å². The number of pyridine rings is 3. The molecule has 0 saturated carbocycles. The molecule has 0 aliphatic carbocycles. The second-order valence-corrected chi connectivity index (χ2v) is 26.5. The first-order valence-electron chi connectivity index (χ1n) is 27.7. The molecule has 0 aliphatic heterocycles. The van der Waals surface area contributed by atoms with Gasteiger partial charge in [-0.25, -0.2) is 0 Å². The van der Waals surface area contributed by atoms with Crippen LogP contribution in [0.3, 0.4) is 0 Å². The fourth-order valence-corrected chi connectivity index (χ4v) is 11.6. The number of ketones is 3. The number of nitrogens with two attached hydrogens (primary N) is 1. The van der Waals surface area contributed by atoms with Gasteiger partial charge in [-0.15, -0.1) is 0 Å². The summed E-state index contributed by atoms with van der Waals surface area (Å²) in [6.45, 7) is 15.2. The summed E-state index contributed by atoms with van der Waals surface area (Å²) in [6, 6.07) is 26.8. The zero-order valence-corrected chi connectivity index (χ0v) is 59.4. The molecule has 7 N–H and O–H groups in total. The van der Waals surface area contributed by atoms with Crippen molar-refractivity contribution in [2.45, 2.75) is 79.7 Å². The van der Waals surface area contributed by atoms with Crippen molar-refractivity contribution in [3.63, 3.8) is 0 Å². The normalized spacial score (nSPS) is 10.6. The van der Waals surface area contributed by atoms with Crippen LogP contribution >= 0.6 is 104 Å². The summed E-state index contributed by atoms with van der Waals surface area (Å²) in [5.41, 5.74) is 9.08. The zero-order chi connectivity index (χ0) is 71.9. The van der Waals surface area contributed by atoms with E-state index in [2.05, 4.69) is 25.6 Å². The van der Waals surface area contributed by atoms with Crippen LogP contribution in [0.2, 0.25) is 45.2 Å². The van der Waals surface area contributed by atoms with Crippen molar-refractivity contribution in [1.82, 2.24) is 15.0 Å². The molecule has 3 heterocycles. The lowest BCUT2D eigenvalue weighted by Crippen LogP contribution is -2.22. The van der Waals surface area contributed by atoms with E-state index in [1.807, 2.05) is 61.5 Å². The van der Waals surface area contributed by atoms with Crippen LogP contribution in [0.1, 0.15) is 103 Å². The highest BCUT2D eigenvalue weighted by molar-refractivity contribution is 7.84. The number of H-pyrrole nitrogens is 3. The number of nitrogens with one attached hydrogen (secondary N) is 5. The lowest BCUT2D eigenvalue weighted by molar-refractivity contribution is -0.193. The third kappa shape index (κ3) is 23.0. The minimum atomic E-state index is -1.48. The van der Waals surface area contributed by atoms with Gasteiger partial charge in [-0.2, -0.15) is 28.8 Å². The maximum Gasteiger partial charge on any atom is 0.373 e. The largest absolute Gasteiger partial charge is 0.398 e. The van der Waals surface area contributed by atoms with Gasteiger partial charge < -0.3 is 31.3 Å². The average Bonchev–Trinajstić information content (AvgIpc) is 0.778. The molecule has 0 saturated heterocycles. The molecule has 6 aromatic carbocycles. The van der Waals surface area contributed by atoms with Gasteiger partial charge in [0.05, 0.1) is 96.3 Å². The lowest BCUT2D eigenvalue weighted by Gasteiger charge is -2.16. The number of rotatable bonds is 14. The number of hydrogen-bond acceptors (Lipinski definition) is 16. The van der Waals surface area contributed by atoms with E-state index in [4.69, 9.17) is 139 Å². The van der Waals surface area contributed by atoms with Crippen molar-refractivity contribution in [1.29, 1.82) is 0 Å². The highest BCUT2D eigenvalue weighted by atomic mass is 35.5. The van der Waals surface area contributed by atoms with Gasteiger partial charge in [0.15, 0.2) is 17.3 Å². The van der Waals surface area contributed by atoms with Crippen LogP contribution < -0.4 is 32.7 Å². The van der Waals surface area contributed by atoms with Crippen LogP contribution in [0, 0.1) is 31.6 Å². The molecule has 19 nitrogen and oxygen atoms in total. The van der Waals surface area contributed by atoms with Gasteiger partial charge in [-0.3, -0.25) is 33.0 Å². The van der Waals surface area contributed by atoms with Gasteiger partial charge in [0.2, 0.25) is 16.3 Å².